The molecule has 3 heteroatoms. The van der Waals surface area contributed by atoms with Crippen molar-refractivity contribution in [3.05, 3.63) is 272 Å². The molecule has 0 saturated heterocycles. The fourth-order valence-corrected chi connectivity index (χ4v) is 13.6. The second-order valence-corrected chi connectivity index (χ2v) is 21.6. The standard InChI is InChI=1S/C73H49BN2/c1-73(2)64-24-14-13-23-60(64)63-43-52(31-40-65(63)73)53-44-68-70-69(45-53)76(55-34-27-49(28-35-55)47-17-7-4-8-18-47)72-62-37-30-51-20-10-12-22-57(51)59(62)39-42-67(72)74(70)66-41-38-58-56-21-11-9-19-50(56)29-36-61(58)71(66)75(68)54-32-25-48(26-33-54)46-15-5-3-6-16-46/h3-45H,1-2H3. The highest BCUT2D eigenvalue weighted by atomic mass is 15.2. The number of anilines is 6. The molecule has 76 heavy (non-hydrogen) atoms. The fraction of sp³-hybridized carbons (Fsp3) is 0.0411. The highest BCUT2D eigenvalue weighted by molar-refractivity contribution is 7.01. The largest absolute Gasteiger partial charge is 0.311 e. The van der Waals surface area contributed by atoms with Crippen molar-refractivity contribution in [1.82, 2.24) is 0 Å². The minimum atomic E-state index is -0.102. The van der Waals surface area contributed by atoms with Crippen LogP contribution in [0.3, 0.4) is 0 Å². The number of fused-ring (bicyclic) bond motifs is 15. The SMILES string of the molecule is CC1(C)c2ccccc2-c2cc(-c3cc4c5c(c3)N(c3ccc(-c6ccccc6)cc3)c3c(ccc6c3ccc3ccccc36)B5c3ccc5c(ccc6ccccc65)c3N4c3ccc(-c4ccccc4)cc3)ccc21. The molecule has 0 N–H and O–H groups in total. The predicted molar refractivity (Wildman–Crippen MR) is 324 cm³/mol. The minimum absolute atomic E-state index is 0.0804. The van der Waals surface area contributed by atoms with Crippen molar-refractivity contribution in [2.45, 2.75) is 19.3 Å². The summed E-state index contributed by atoms with van der Waals surface area (Å²) in [6.07, 6.45) is 0. The van der Waals surface area contributed by atoms with Crippen molar-refractivity contribution in [1.29, 1.82) is 0 Å². The molecule has 13 aromatic carbocycles. The molecule has 0 saturated carbocycles. The van der Waals surface area contributed by atoms with E-state index in [1.54, 1.807) is 0 Å². The number of rotatable bonds is 5. The Balaban J connectivity index is 1.03. The van der Waals surface area contributed by atoms with Gasteiger partial charge in [-0.3, -0.25) is 0 Å². The molecular weight excluding hydrogens is 916 g/mol. The van der Waals surface area contributed by atoms with E-state index in [2.05, 4.69) is 285 Å². The van der Waals surface area contributed by atoms with Gasteiger partial charge in [0.05, 0.1) is 0 Å². The first-order valence-electron chi connectivity index (χ1n) is 26.7. The number of benzene rings is 13. The van der Waals surface area contributed by atoms with Crippen LogP contribution in [-0.2, 0) is 5.41 Å². The summed E-state index contributed by atoms with van der Waals surface area (Å²) in [5.74, 6) is 0. The molecule has 0 unspecified atom stereocenters. The summed E-state index contributed by atoms with van der Waals surface area (Å²) in [6.45, 7) is 4.67. The van der Waals surface area contributed by atoms with Crippen molar-refractivity contribution in [3.63, 3.8) is 0 Å². The van der Waals surface area contributed by atoms with E-state index in [4.69, 9.17) is 0 Å². The number of hydrogen-bond donors (Lipinski definition) is 0. The quantitative estimate of drug-likeness (QED) is 0.125. The molecule has 0 spiro atoms. The molecule has 2 nitrogen and oxygen atoms in total. The van der Waals surface area contributed by atoms with Crippen LogP contribution in [0.4, 0.5) is 34.1 Å². The Morgan fingerprint density at radius 1 is 0.303 bits per heavy atom. The Bertz CT molecular complexity index is 4310. The van der Waals surface area contributed by atoms with Crippen LogP contribution in [0.2, 0.25) is 0 Å². The topological polar surface area (TPSA) is 6.48 Å². The summed E-state index contributed by atoms with van der Waals surface area (Å²) in [5, 5.41) is 9.99. The van der Waals surface area contributed by atoms with Crippen molar-refractivity contribution >= 4 is 100 Å². The third-order valence-electron chi connectivity index (χ3n) is 17.2. The van der Waals surface area contributed by atoms with Gasteiger partial charge in [0.2, 0.25) is 0 Å². The summed E-state index contributed by atoms with van der Waals surface area (Å²) in [6, 6.07) is 98.3. The second-order valence-electron chi connectivity index (χ2n) is 21.6. The minimum Gasteiger partial charge on any atom is -0.311 e. The van der Waals surface area contributed by atoms with Gasteiger partial charge in [-0.25, -0.2) is 0 Å². The molecule has 0 aromatic heterocycles. The highest BCUT2D eigenvalue weighted by Gasteiger charge is 2.45. The van der Waals surface area contributed by atoms with Crippen molar-refractivity contribution in [3.8, 4) is 44.5 Å². The van der Waals surface area contributed by atoms with Crippen LogP contribution in [0.15, 0.2) is 261 Å². The van der Waals surface area contributed by atoms with E-state index >= 15 is 0 Å². The molecule has 13 aromatic rings. The maximum Gasteiger partial charge on any atom is 0.252 e. The van der Waals surface area contributed by atoms with Crippen LogP contribution in [0.5, 0.6) is 0 Å². The maximum absolute atomic E-state index is 2.61. The molecule has 0 radical (unpaired) electrons. The smallest absolute Gasteiger partial charge is 0.252 e. The zero-order chi connectivity index (χ0) is 50.2. The zero-order valence-corrected chi connectivity index (χ0v) is 42.3. The third-order valence-corrected chi connectivity index (χ3v) is 17.2. The summed E-state index contributed by atoms with van der Waals surface area (Å²) < 4.78 is 0. The van der Waals surface area contributed by atoms with Crippen LogP contribution < -0.4 is 26.2 Å². The number of nitrogens with zero attached hydrogens (tertiary/aromatic N) is 2. The fourth-order valence-electron chi connectivity index (χ4n) is 13.6. The van der Waals surface area contributed by atoms with Gasteiger partial charge in [-0.1, -0.05) is 232 Å². The first-order valence-corrected chi connectivity index (χ1v) is 26.7. The lowest BCUT2D eigenvalue weighted by Crippen LogP contribution is -2.61. The van der Waals surface area contributed by atoms with E-state index in [1.165, 1.54) is 138 Å². The van der Waals surface area contributed by atoms with Gasteiger partial charge in [-0.2, -0.15) is 0 Å². The average molecular weight is 965 g/mol. The lowest BCUT2D eigenvalue weighted by Gasteiger charge is -2.45. The van der Waals surface area contributed by atoms with E-state index in [9.17, 15) is 0 Å². The normalized spacial score (nSPS) is 13.7. The van der Waals surface area contributed by atoms with E-state index in [1.807, 2.05) is 0 Å². The van der Waals surface area contributed by atoms with Crippen molar-refractivity contribution < 1.29 is 0 Å². The average Bonchev–Trinajstić information content (AvgIpc) is 3.83. The molecule has 2 aliphatic heterocycles. The van der Waals surface area contributed by atoms with Gasteiger partial charge < -0.3 is 9.80 Å². The monoisotopic (exact) mass is 964 g/mol. The molecule has 0 amide bonds. The van der Waals surface area contributed by atoms with Crippen molar-refractivity contribution in [2.24, 2.45) is 0 Å². The Labute approximate surface area is 443 Å². The van der Waals surface area contributed by atoms with E-state index in [0.717, 1.165) is 11.4 Å². The molecule has 2 heterocycles. The van der Waals surface area contributed by atoms with Gasteiger partial charge >= 0.3 is 0 Å². The molecule has 16 rings (SSSR count). The summed E-state index contributed by atoms with van der Waals surface area (Å²) in [4.78, 5) is 5.23. The molecule has 1 aliphatic carbocycles. The van der Waals surface area contributed by atoms with Gasteiger partial charge in [0.1, 0.15) is 0 Å². The van der Waals surface area contributed by atoms with Crippen LogP contribution in [0, 0.1) is 0 Å². The zero-order valence-electron chi connectivity index (χ0n) is 42.3. The molecule has 3 aliphatic rings. The molecule has 354 valence electrons. The van der Waals surface area contributed by atoms with Crippen LogP contribution in [0.25, 0.3) is 87.6 Å². The lowest BCUT2D eigenvalue weighted by molar-refractivity contribution is 0.660. The van der Waals surface area contributed by atoms with Crippen molar-refractivity contribution in [2.75, 3.05) is 9.80 Å². The molecular formula is C73H49BN2. The van der Waals surface area contributed by atoms with Gasteiger partial charge in [0.25, 0.3) is 6.71 Å². The van der Waals surface area contributed by atoms with Crippen LogP contribution >= 0.6 is 0 Å². The Morgan fingerprint density at radius 3 is 1.28 bits per heavy atom. The maximum atomic E-state index is 2.61. The first-order chi connectivity index (χ1) is 37.5. The first kappa shape index (κ1) is 43.0. The molecule has 0 fully saturated rings. The Hall–Kier alpha value is -9.44. The second kappa shape index (κ2) is 16.3. The van der Waals surface area contributed by atoms with E-state index in [-0.39, 0.29) is 12.1 Å². The van der Waals surface area contributed by atoms with Gasteiger partial charge in [0.15, 0.2) is 0 Å². The van der Waals surface area contributed by atoms with Crippen LogP contribution in [0.1, 0.15) is 25.0 Å². The van der Waals surface area contributed by atoms with E-state index < -0.39 is 0 Å². The van der Waals surface area contributed by atoms with Gasteiger partial charge in [-0.15, -0.1) is 0 Å². The predicted octanol–water partition coefficient (Wildman–Crippen LogP) is 17.7. The molecule has 0 atom stereocenters. The summed E-state index contributed by atoms with van der Waals surface area (Å²) in [7, 11) is 0. The third kappa shape index (κ3) is 6.23. The molecule has 0 bridgehead atoms. The van der Waals surface area contributed by atoms with Crippen LogP contribution in [-0.4, -0.2) is 6.71 Å². The summed E-state index contributed by atoms with van der Waals surface area (Å²) in [5.41, 5.74) is 23.4. The lowest BCUT2D eigenvalue weighted by atomic mass is 9.33. The van der Waals surface area contributed by atoms with Gasteiger partial charge in [0, 0.05) is 50.3 Å². The van der Waals surface area contributed by atoms with Gasteiger partial charge in [-0.05, 0) is 147 Å². The summed E-state index contributed by atoms with van der Waals surface area (Å²) >= 11 is 0. The highest BCUT2D eigenvalue weighted by Crippen LogP contribution is 2.53. The Morgan fingerprint density at radius 2 is 0.737 bits per heavy atom. The van der Waals surface area contributed by atoms with E-state index in [0.29, 0.717) is 0 Å². The number of hydrogen-bond acceptors (Lipinski definition) is 2. The Kier molecular flexibility index (Phi) is 9.21.